The first-order chi connectivity index (χ1) is 25.3. The van der Waals surface area contributed by atoms with E-state index in [2.05, 4.69) is 127 Å². The van der Waals surface area contributed by atoms with E-state index in [1.807, 2.05) is 48.5 Å². The number of rotatable bonds is 5. The van der Waals surface area contributed by atoms with Crippen LogP contribution in [0.3, 0.4) is 0 Å². The fourth-order valence-corrected chi connectivity index (χ4v) is 7.29. The van der Waals surface area contributed by atoms with Gasteiger partial charge in [0.15, 0.2) is 5.82 Å². The molecule has 10 rings (SSSR count). The third kappa shape index (κ3) is 4.96. The molecule has 0 aliphatic carbocycles. The van der Waals surface area contributed by atoms with E-state index < -0.39 is 0 Å². The molecule has 0 unspecified atom stereocenters. The molecule has 10 aromatic rings. The third-order valence-corrected chi connectivity index (χ3v) is 9.67. The van der Waals surface area contributed by atoms with Crippen molar-refractivity contribution in [3.05, 3.63) is 176 Å². The first-order valence-corrected chi connectivity index (χ1v) is 17.1. The molecule has 0 N–H and O–H groups in total. The Hall–Kier alpha value is -6.91. The van der Waals surface area contributed by atoms with Crippen molar-refractivity contribution in [1.82, 2.24) is 15.0 Å². The summed E-state index contributed by atoms with van der Waals surface area (Å²) in [5.74, 6) is 0.657. The van der Waals surface area contributed by atoms with Crippen LogP contribution >= 0.6 is 0 Å². The van der Waals surface area contributed by atoms with Gasteiger partial charge in [-0.2, -0.15) is 0 Å². The Balaban J connectivity index is 1.21. The highest BCUT2D eigenvalue weighted by atomic mass is 16.3. The van der Waals surface area contributed by atoms with Gasteiger partial charge in [-0.1, -0.05) is 152 Å². The van der Waals surface area contributed by atoms with Crippen molar-refractivity contribution in [2.24, 2.45) is 0 Å². The van der Waals surface area contributed by atoms with Crippen molar-refractivity contribution >= 4 is 43.6 Å². The zero-order valence-electron chi connectivity index (χ0n) is 27.5. The largest absolute Gasteiger partial charge is 0.455 e. The van der Waals surface area contributed by atoms with Crippen LogP contribution in [-0.4, -0.2) is 15.0 Å². The topological polar surface area (TPSA) is 51.8 Å². The summed E-state index contributed by atoms with van der Waals surface area (Å²) in [6.45, 7) is 0. The van der Waals surface area contributed by atoms with Gasteiger partial charge in [-0.15, -0.1) is 0 Å². The van der Waals surface area contributed by atoms with Crippen molar-refractivity contribution in [3.8, 4) is 56.3 Å². The molecule has 3 heterocycles. The predicted molar refractivity (Wildman–Crippen MR) is 209 cm³/mol. The maximum absolute atomic E-state index is 6.78. The minimum absolute atomic E-state index is 0.657. The number of hydrogen-bond donors (Lipinski definition) is 0. The van der Waals surface area contributed by atoms with Gasteiger partial charge in [0.2, 0.25) is 0 Å². The molecule has 51 heavy (non-hydrogen) atoms. The van der Waals surface area contributed by atoms with Crippen molar-refractivity contribution in [3.63, 3.8) is 0 Å². The van der Waals surface area contributed by atoms with Crippen LogP contribution in [0.5, 0.6) is 0 Å². The number of furan rings is 1. The third-order valence-electron chi connectivity index (χ3n) is 9.67. The summed E-state index contributed by atoms with van der Waals surface area (Å²) in [6, 6.07) is 60.6. The van der Waals surface area contributed by atoms with Gasteiger partial charge in [0, 0.05) is 27.6 Å². The van der Waals surface area contributed by atoms with E-state index in [0.29, 0.717) is 5.82 Å². The van der Waals surface area contributed by atoms with Crippen LogP contribution < -0.4 is 0 Å². The second-order valence-corrected chi connectivity index (χ2v) is 12.8. The number of nitrogens with zero attached hydrogens (tertiary/aromatic N) is 3. The summed E-state index contributed by atoms with van der Waals surface area (Å²) in [7, 11) is 0. The molecule has 0 atom stereocenters. The van der Waals surface area contributed by atoms with E-state index in [-0.39, 0.29) is 0 Å². The van der Waals surface area contributed by atoms with Gasteiger partial charge in [0.05, 0.1) is 33.4 Å². The fourth-order valence-electron chi connectivity index (χ4n) is 7.29. The minimum atomic E-state index is 0.657. The molecular formula is C47H29N3O. The molecule has 0 bridgehead atoms. The first-order valence-electron chi connectivity index (χ1n) is 17.1. The number of benzene rings is 7. The van der Waals surface area contributed by atoms with E-state index in [0.717, 1.165) is 83.3 Å². The molecule has 0 aliphatic heterocycles. The fraction of sp³-hybridized carbons (Fsp3) is 0. The quantitative estimate of drug-likeness (QED) is 0.186. The summed E-state index contributed by atoms with van der Waals surface area (Å²) in [6.07, 6.45) is 0. The van der Waals surface area contributed by atoms with Gasteiger partial charge < -0.3 is 4.42 Å². The van der Waals surface area contributed by atoms with Crippen molar-refractivity contribution in [1.29, 1.82) is 0 Å². The lowest BCUT2D eigenvalue weighted by molar-refractivity contribution is 0.672. The number of fused-ring (bicyclic) bond motifs is 6. The molecule has 0 radical (unpaired) electrons. The highest BCUT2D eigenvalue weighted by molar-refractivity contribution is 6.23. The number of para-hydroxylation sites is 1. The summed E-state index contributed by atoms with van der Waals surface area (Å²) in [5, 5.41) is 5.42. The van der Waals surface area contributed by atoms with Crippen LogP contribution in [0.15, 0.2) is 180 Å². The normalized spacial score (nSPS) is 11.5. The Morgan fingerprint density at radius 2 is 0.980 bits per heavy atom. The second kappa shape index (κ2) is 11.9. The molecule has 0 fully saturated rings. The van der Waals surface area contributed by atoms with Gasteiger partial charge in [-0.3, -0.25) is 0 Å². The van der Waals surface area contributed by atoms with Crippen LogP contribution in [-0.2, 0) is 0 Å². The number of pyridine rings is 1. The Bertz CT molecular complexity index is 2850. The van der Waals surface area contributed by atoms with Gasteiger partial charge in [0.1, 0.15) is 11.2 Å². The Morgan fingerprint density at radius 3 is 1.76 bits per heavy atom. The molecule has 0 saturated heterocycles. The molecule has 4 nitrogen and oxygen atoms in total. The first kappa shape index (κ1) is 29.0. The highest BCUT2D eigenvalue weighted by Crippen LogP contribution is 2.44. The van der Waals surface area contributed by atoms with Crippen LogP contribution in [0.1, 0.15) is 0 Å². The van der Waals surface area contributed by atoms with Gasteiger partial charge in [-0.25, -0.2) is 15.0 Å². The molecule has 3 aromatic heterocycles. The van der Waals surface area contributed by atoms with Crippen LogP contribution in [0, 0.1) is 0 Å². The van der Waals surface area contributed by atoms with Crippen molar-refractivity contribution in [2.75, 3.05) is 0 Å². The van der Waals surface area contributed by atoms with Gasteiger partial charge in [0.25, 0.3) is 0 Å². The number of hydrogen-bond acceptors (Lipinski definition) is 4. The van der Waals surface area contributed by atoms with E-state index >= 15 is 0 Å². The smallest absolute Gasteiger partial charge is 0.160 e. The zero-order valence-corrected chi connectivity index (χ0v) is 27.5. The lowest BCUT2D eigenvalue weighted by atomic mass is 9.93. The van der Waals surface area contributed by atoms with E-state index in [1.165, 1.54) is 10.8 Å². The van der Waals surface area contributed by atoms with E-state index in [9.17, 15) is 0 Å². The molecular weight excluding hydrogens is 623 g/mol. The van der Waals surface area contributed by atoms with Crippen molar-refractivity contribution < 1.29 is 4.42 Å². The molecule has 0 spiro atoms. The van der Waals surface area contributed by atoms with Crippen LogP contribution in [0.4, 0.5) is 0 Å². The summed E-state index contributed by atoms with van der Waals surface area (Å²) >= 11 is 0. The maximum Gasteiger partial charge on any atom is 0.160 e. The standard InChI is InChI=1S/C47H29N3O/c1-3-15-31(16-4-1)40-29-41(32-17-5-2-6-18-32)50-47(49-40)34-21-11-20-33(28-34)45-44-38-23-9-10-27-42(38)51-46(44)43-37(25-13-26-39(43)48-45)36-24-12-19-30-14-7-8-22-35(30)36/h1-29H. The van der Waals surface area contributed by atoms with Gasteiger partial charge >= 0.3 is 0 Å². The molecule has 0 saturated carbocycles. The molecule has 238 valence electrons. The summed E-state index contributed by atoms with van der Waals surface area (Å²) in [5.41, 5.74) is 11.4. The second-order valence-electron chi connectivity index (χ2n) is 12.8. The van der Waals surface area contributed by atoms with E-state index in [4.69, 9.17) is 19.4 Å². The zero-order chi connectivity index (χ0) is 33.7. The Labute approximate surface area is 294 Å². The Morgan fingerprint density at radius 1 is 0.392 bits per heavy atom. The SMILES string of the molecule is c1ccc(-c2cc(-c3ccccc3)nc(-c3cccc(-c4nc5cccc(-c6cccc7ccccc67)c5c5oc6ccccc6c45)c3)n2)cc1. The lowest BCUT2D eigenvalue weighted by Crippen LogP contribution is -1.96. The van der Waals surface area contributed by atoms with Gasteiger partial charge in [-0.05, 0) is 46.2 Å². The maximum atomic E-state index is 6.78. The molecule has 4 heteroatoms. The minimum Gasteiger partial charge on any atom is -0.455 e. The monoisotopic (exact) mass is 651 g/mol. The average molecular weight is 652 g/mol. The van der Waals surface area contributed by atoms with Crippen LogP contribution in [0.2, 0.25) is 0 Å². The number of aromatic nitrogens is 3. The summed E-state index contributed by atoms with van der Waals surface area (Å²) in [4.78, 5) is 15.6. The Kier molecular flexibility index (Phi) is 6.78. The van der Waals surface area contributed by atoms with E-state index in [1.54, 1.807) is 0 Å². The molecule has 0 amide bonds. The highest BCUT2D eigenvalue weighted by Gasteiger charge is 2.21. The lowest BCUT2D eigenvalue weighted by Gasteiger charge is -2.13. The predicted octanol–water partition coefficient (Wildman–Crippen LogP) is 12.4. The van der Waals surface area contributed by atoms with Crippen molar-refractivity contribution in [2.45, 2.75) is 0 Å². The van der Waals surface area contributed by atoms with Crippen LogP contribution in [0.25, 0.3) is 99.9 Å². The molecule has 0 aliphatic rings. The summed E-state index contributed by atoms with van der Waals surface area (Å²) < 4.78 is 6.78. The average Bonchev–Trinajstić information content (AvgIpc) is 3.60. The molecule has 7 aromatic carbocycles.